The first-order valence-electron chi connectivity index (χ1n) is 5.50. The Morgan fingerprint density at radius 3 is 3.13 bits per heavy atom. The van der Waals surface area contributed by atoms with E-state index in [1.165, 1.54) is 24.2 Å². The van der Waals surface area contributed by atoms with E-state index in [-0.39, 0.29) is 0 Å². The van der Waals surface area contributed by atoms with Crippen LogP contribution in [0.2, 0.25) is 0 Å². The van der Waals surface area contributed by atoms with Gasteiger partial charge in [-0.15, -0.1) is 0 Å². The van der Waals surface area contributed by atoms with Crippen molar-refractivity contribution in [3.8, 4) is 0 Å². The number of hydrogen-bond acceptors (Lipinski definition) is 3. The van der Waals surface area contributed by atoms with Gasteiger partial charge >= 0.3 is 0 Å². The van der Waals surface area contributed by atoms with Crippen LogP contribution in [0.5, 0.6) is 0 Å². The van der Waals surface area contributed by atoms with Crippen molar-refractivity contribution in [2.75, 3.05) is 12.3 Å². The molecule has 0 spiro atoms. The third-order valence-corrected chi connectivity index (χ3v) is 4.43. The summed E-state index contributed by atoms with van der Waals surface area (Å²) in [6.07, 6.45) is 6.71. The monoisotopic (exact) mass is 225 g/mol. The number of rotatable bonds is 4. The van der Waals surface area contributed by atoms with Crippen molar-refractivity contribution in [1.29, 1.82) is 0 Å². The molecule has 2 rings (SSSR count). The van der Waals surface area contributed by atoms with Crippen molar-refractivity contribution in [3.05, 3.63) is 18.0 Å². The Bertz CT molecular complexity index is 315. The number of nitrogens with one attached hydrogen (secondary N) is 1. The maximum atomic E-state index is 4.16. The SMILES string of the molecule is Cn1cc(CNCC2(C)CCCS2)cn1. The standard InChI is InChI=1S/C11H19N3S/c1-11(4-3-5-15-11)9-12-6-10-7-13-14(2)8-10/h7-8,12H,3-6,9H2,1-2H3. The average molecular weight is 225 g/mol. The largest absolute Gasteiger partial charge is 0.311 e. The molecule has 1 aliphatic rings. The second-order valence-corrected chi connectivity index (χ2v) is 6.21. The van der Waals surface area contributed by atoms with Gasteiger partial charge in [-0.1, -0.05) is 0 Å². The third-order valence-electron chi connectivity index (χ3n) is 2.89. The van der Waals surface area contributed by atoms with Crippen LogP contribution in [0.25, 0.3) is 0 Å². The summed E-state index contributed by atoms with van der Waals surface area (Å²) in [5.74, 6) is 1.32. The van der Waals surface area contributed by atoms with E-state index in [1.54, 1.807) is 0 Å². The highest BCUT2D eigenvalue weighted by Gasteiger charge is 2.28. The minimum atomic E-state index is 0.461. The van der Waals surface area contributed by atoms with Gasteiger partial charge < -0.3 is 5.32 Å². The molecule has 1 fully saturated rings. The van der Waals surface area contributed by atoms with E-state index >= 15 is 0 Å². The summed E-state index contributed by atoms with van der Waals surface area (Å²) >= 11 is 2.10. The summed E-state index contributed by atoms with van der Waals surface area (Å²) in [5, 5.41) is 7.68. The summed E-state index contributed by atoms with van der Waals surface area (Å²) < 4.78 is 2.31. The second-order valence-electron chi connectivity index (χ2n) is 4.53. The summed E-state index contributed by atoms with van der Waals surface area (Å²) in [6.45, 7) is 4.40. The van der Waals surface area contributed by atoms with E-state index < -0.39 is 0 Å². The number of nitrogens with zero attached hydrogens (tertiary/aromatic N) is 2. The Labute approximate surface area is 95.6 Å². The number of aryl methyl sites for hydroxylation is 1. The first kappa shape index (κ1) is 11.0. The molecule has 1 aromatic rings. The molecule has 1 N–H and O–H groups in total. The zero-order valence-electron chi connectivity index (χ0n) is 9.49. The second kappa shape index (κ2) is 4.58. The molecule has 1 aliphatic heterocycles. The van der Waals surface area contributed by atoms with Crippen molar-refractivity contribution in [2.24, 2.45) is 7.05 Å². The van der Waals surface area contributed by atoms with Gasteiger partial charge in [0.05, 0.1) is 6.20 Å². The van der Waals surface area contributed by atoms with Crippen LogP contribution in [0.3, 0.4) is 0 Å². The van der Waals surface area contributed by atoms with Crippen molar-refractivity contribution in [1.82, 2.24) is 15.1 Å². The fraction of sp³-hybridized carbons (Fsp3) is 0.727. The van der Waals surface area contributed by atoms with Crippen LogP contribution in [0.1, 0.15) is 25.3 Å². The minimum Gasteiger partial charge on any atom is -0.311 e. The van der Waals surface area contributed by atoms with Crippen LogP contribution in [-0.4, -0.2) is 26.8 Å². The minimum absolute atomic E-state index is 0.461. The van der Waals surface area contributed by atoms with E-state index in [9.17, 15) is 0 Å². The van der Waals surface area contributed by atoms with Crippen molar-refractivity contribution in [3.63, 3.8) is 0 Å². The molecule has 1 unspecified atom stereocenters. The molecule has 1 aromatic heterocycles. The van der Waals surface area contributed by atoms with Gasteiger partial charge in [-0.2, -0.15) is 16.9 Å². The number of aromatic nitrogens is 2. The lowest BCUT2D eigenvalue weighted by Gasteiger charge is -2.22. The van der Waals surface area contributed by atoms with Gasteiger partial charge in [0.15, 0.2) is 0 Å². The van der Waals surface area contributed by atoms with Gasteiger partial charge in [0, 0.05) is 36.6 Å². The highest BCUT2D eigenvalue weighted by Crippen LogP contribution is 2.36. The summed E-state index contributed by atoms with van der Waals surface area (Å²) in [5.41, 5.74) is 1.27. The molecule has 4 heteroatoms. The van der Waals surface area contributed by atoms with Crippen LogP contribution < -0.4 is 5.32 Å². The van der Waals surface area contributed by atoms with Crippen LogP contribution in [-0.2, 0) is 13.6 Å². The molecule has 0 radical (unpaired) electrons. The summed E-state index contributed by atoms with van der Waals surface area (Å²) in [4.78, 5) is 0. The Hall–Kier alpha value is -0.480. The van der Waals surface area contributed by atoms with E-state index in [1.807, 2.05) is 17.9 Å². The van der Waals surface area contributed by atoms with E-state index in [4.69, 9.17) is 0 Å². The number of thioether (sulfide) groups is 1. The third kappa shape index (κ3) is 2.98. The molecule has 0 aliphatic carbocycles. The predicted octanol–water partition coefficient (Wildman–Crippen LogP) is 1.80. The van der Waals surface area contributed by atoms with E-state index in [2.05, 4.69) is 35.3 Å². The molecule has 2 heterocycles. The molecular formula is C11H19N3S. The molecule has 0 bridgehead atoms. The van der Waals surface area contributed by atoms with Crippen molar-refractivity contribution in [2.45, 2.75) is 31.1 Å². The fourth-order valence-electron chi connectivity index (χ4n) is 2.01. The Morgan fingerprint density at radius 1 is 1.67 bits per heavy atom. The van der Waals surface area contributed by atoms with Gasteiger partial charge in [-0.3, -0.25) is 4.68 Å². The zero-order valence-corrected chi connectivity index (χ0v) is 10.3. The van der Waals surface area contributed by atoms with Gasteiger partial charge in [0.2, 0.25) is 0 Å². The molecule has 3 nitrogen and oxygen atoms in total. The molecule has 0 amide bonds. The van der Waals surface area contributed by atoms with Gasteiger partial charge in [0.1, 0.15) is 0 Å². The van der Waals surface area contributed by atoms with E-state index in [0.717, 1.165) is 13.1 Å². The molecule has 0 aromatic carbocycles. The lowest BCUT2D eigenvalue weighted by atomic mass is 10.1. The smallest absolute Gasteiger partial charge is 0.0534 e. The predicted molar refractivity (Wildman–Crippen MR) is 65.0 cm³/mol. The highest BCUT2D eigenvalue weighted by molar-refractivity contribution is 8.00. The van der Waals surface area contributed by atoms with E-state index in [0.29, 0.717) is 4.75 Å². The first-order valence-corrected chi connectivity index (χ1v) is 6.49. The van der Waals surface area contributed by atoms with Crippen LogP contribution >= 0.6 is 11.8 Å². The first-order chi connectivity index (χ1) is 7.18. The molecule has 15 heavy (non-hydrogen) atoms. The Morgan fingerprint density at radius 2 is 2.53 bits per heavy atom. The maximum absolute atomic E-state index is 4.16. The molecule has 1 atom stereocenters. The van der Waals surface area contributed by atoms with Crippen molar-refractivity contribution >= 4 is 11.8 Å². The topological polar surface area (TPSA) is 29.9 Å². The quantitative estimate of drug-likeness (QED) is 0.847. The molecule has 1 saturated heterocycles. The molecular weight excluding hydrogens is 206 g/mol. The van der Waals surface area contributed by atoms with Crippen LogP contribution in [0.4, 0.5) is 0 Å². The lowest BCUT2D eigenvalue weighted by molar-refractivity contribution is 0.537. The zero-order chi connectivity index (χ0) is 10.7. The fourth-order valence-corrected chi connectivity index (χ4v) is 3.28. The van der Waals surface area contributed by atoms with Crippen molar-refractivity contribution < 1.29 is 0 Å². The summed E-state index contributed by atoms with van der Waals surface area (Å²) in [6, 6.07) is 0. The number of hydrogen-bond donors (Lipinski definition) is 1. The lowest BCUT2D eigenvalue weighted by Crippen LogP contribution is -2.32. The van der Waals surface area contributed by atoms with Gasteiger partial charge in [-0.05, 0) is 25.5 Å². The van der Waals surface area contributed by atoms with Crippen LogP contribution in [0, 0.1) is 0 Å². The Kier molecular flexibility index (Phi) is 3.36. The molecule has 0 saturated carbocycles. The maximum Gasteiger partial charge on any atom is 0.0534 e. The van der Waals surface area contributed by atoms with Gasteiger partial charge in [0.25, 0.3) is 0 Å². The van der Waals surface area contributed by atoms with Gasteiger partial charge in [-0.25, -0.2) is 0 Å². The average Bonchev–Trinajstić information content (AvgIpc) is 2.76. The normalized spacial score (nSPS) is 26.0. The van der Waals surface area contributed by atoms with Crippen LogP contribution in [0.15, 0.2) is 12.4 Å². The highest BCUT2D eigenvalue weighted by atomic mass is 32.2. The summed E-state index contributed by atoms with van der Waals surface area (Å²) in [7, 11) is 1.96. The molecule has 84 valence electrons. The Balaban J connectivity index is 1.75.